The number of rotatable bonds is 7. The molecule has 1 fully saturated rings. The molecule has 3 aromatic rings. The third-order valence-electron chi connectivity index (χ3n) is 5.96. The summed E-state index contributed by atoms with van der Waals surface area (Å²) >= 11 is 1.65. The molecule has 4 rings (SSSR count). The second-order valence-corrected chi connectivity index (χ2v) is 8.99. The first-order chi connectivity index (χ1) is 16.0. The number of nitrogens with zero attached hydrogens (tertiary/aromatic N) is 3. The van der Waals surface area contributed by atoms with Gasteiger partial charge in [-0.3, -0.25) is 19.7 Å². The van der Waals surface area contributed by atoms with Crippen LogP contribution in [0.25, 0.3) is 10.8 Å². The zero-order chi connectivity index (χ0) is 23.4. The van der Waals surface area contributed by atoms with E-state index in [0.717, 1.165) is 11.3 Å². The molecule has 2 amide bonds. The average Bonchev–Trinajstić information content (AvgIpc) is 2.84. The van der Waals surface area contributed by atoms with E-state index in [9.17, 15) is 19.7 Å². The minimum atomic E-state index is -0.532. The minimum absolute atomic E-state index is 0.0188. The van der Waals surface area contributed by atoms with Crippen LogP contribution in [0.5, 0.6) is 0 Å². The van der Waals surface area contributed by atoms with Crippen molar-refractivity contribution >= 4 is 40.0 Å². The van der Waals surface area contributed by atoms with Gasteiger partial charge in [-0.05, 0) is 46.9 Å². The highest BCUT2D eigenvalue weighted by molar-refractivity contribution is 7.98. The maximum absolute atomic E-state index is 13.6. The van der Waals surface area contributed by atoms with Gasteiger partial charge < -0.3 is 9.80 Å². The molecule has 1 aliphatic heterocycles. The fraction of sp³-hybridized carbons (Fsp3) is 0.280. The monoisotopic (exact) mass is 463 g/mol. The summed E-state index contributed by atoms with van der Waals surface area (Å²) in [4.78, 5) is 41.2. The Labute approximate surface area is 196 Å². The number of thioether (sulfide) groups is 1. The molecule has 7 nitrogen and oxygen atoms in total. The van der Waals surface area contributed by atoms with Crippen LogP contribution in [0.3, 0.4) is 0 Å². The van der Waals surface area contributed by atoms with Crippen molar-refractivity contribution in [1.29, 1.82) is 0 Å². The van der Waals surface area contributed by atoms with Crippen LogP contribution in [0, 0.1) is 10.1 Å². The largest absolute Gasteiger partial charge is 0.335 e. The molecule has 3 aromatic carbocycles. The number of carbonyl (C=O) groups excluding carboxylic acids is 2. The summed E-state index contributed by atoms with van der Waals surface area (Å²) in [6.07, 6.45) is 2.56. The van der Waals surface area contributed by atoms with Crippen LogP contribution in [-0.4, -0.2) is 57.7 Å². The first-order valence-corrected chi connectivity index (χ1v) is 12.2. The van der Waals surface area contributed by atoms with E-state index in [1.54, 1.807) is 40.9 Å². The van der Waals surface area contributed by atoms with Gasteiger partial charge in [0.05, 0.1) is 4.92 Å². The quantitative estimate of drug-likeness (QED) is 0.384. The Morgan fingerprint density at radius 1 is 1.09 bits per heavy atom. The van der Waals surface area contributed by atoms with Crippen LogP contribution in [0.1, 0.15) is 22.3 Å². The lowest BCUT2D eigenvalue weighted by Gasteiger charge is -2.41. The zero-order valence-corrected chi connectivity index (χ0v) is 19.2. The van der Waals surface area contributed by atoms with Crippen molar-refractivity contribution in [3.8, 4) is 0 Å². The molecular weight excluding hydrogens is 438 g/mol. The Bertz CT molecular complexity index is 1180. The number of nitro benzene ring substituents is 1. The molecule has 0 aliphatic carbocycles. The molecule has 8 heteroatoms. The Morgan fingerprint density at radius 2 is 1.88 bits per heavy atom. The van der Waals surface area contributed by atoms with E-state index in [4.69, 9.17) is 0 Å². The van der Waals surface area contributed by atoms with Gasteiger partial charge in [-0.1, -0.05) is 42.5 Å². The molecule has 0 bridgehead atoms. The van der Waals surface area contributed by atoms with E-state index in [1.807, 2.05) is 41.5 Å². The van der Waals surface area contributed by atoms with Gasteiger partial charge in [-0.25, -0.2) is 0 Å². The van der Waals surface area contributed by atoms with Crippen molar-refractivity contribution in [2.45, 2.75) is 19.0 Å². The van der Waals surface area contributed by atoms with Crippen LogP contribution < -0.4 is 0 Å². The van der Waals surface area contributed by atoms with Gasteiger partial charge in [-0.15, -0.1) is 0 Å². The highest BCUT2D eigenvalue weighted by Crippen LogP contribution is 2.27. The van der Waals surface area contributed by atoms with Gasteiger partial charge in [0.15, 0.2) is 0 Å². The standard InChI is InChI=1S/C25H25N3O4S/c1-33-15-12-23-25(30)26(17-18-6-3-2-4-7-18)13-14-27(23)24(29)22-9-5-8-19-16-20(28(31)32)10-11-21(19)22/h2-11,16,23H,12-15,17H2,1H3/t23-/m0/s1. The Kier molecular flexibility index (Phi) is 6.93. The molecule has 1 heterocycles. The summed E-state index contributed by atoms with van der Waals surface area (Å²) in [6, 6.07) is 19.0. The molecule has 0 aromatic heterocycles. The number of fused-ring (bicyclic) bond motifs is 1. The van der Waals surface area contributed by atoms with Gasteiger partial charge in [0.25, 0.3) is 11.6 Å². The summed E-state index contributed by atoms with van der Waals surface area (Å²) in [7, 11) is 0. The zero-order valence-electron chi connectivity index (χ0n) is 18.3. The normalized spacial score (nSPS) is 16.3. The van der Waals surface area contributed by atoms with Crippen molar-refractivity contribution in [3.63, 3.8) is 0 Å². The van der Waals surface area contributed by atoms with Crippen LogP contribution in [0.2, 0.25) is 0 Å². The van der Waals surface area contributed by atoms with Crippen molar-refractivity contribution in [1.82, 2.24) is 9.80 Å². The number of nitro groups is 1. The van der Waals surface area contributed by atoms with Crippen LogP contribution >= 0.6 is 11.8 Å². The second-order valence-electron chi connectivity index (χ2n) is 8.01. The van der Waals surface area contributed by atoms with Gasteiger partial charge >= 0.3 is 0 Å². The fourth-order valence-electron chi connectivity index (χ4n) is 4.28. The number of hydrogen-bond acceptors (Lipinski definition) is 5. The molecule has 170 valence electrons. The highest BCUT2D eigenvalue weighted by atomic mass is 32.2. The predicted molar refractivity (Wildman–Crippen MR) is 130 cm³/mol. The third-order valence-corrected chi connectivity index (χ3v) is 6.61. The van der Waals surface area contributed by atoms with E-state index >= 15 is 0 Å². The lowest BCUT2D eigenvalue weighted by atomic mass is 10.0. The highest BCUT2D eigenvalue weighted by Gasteiger charge is 2.37. The second kappa shape index (κ2) is 10.0. The molecule has 33 heavy (non-hydrogen) atoms. The van der Waals surface area contributed by atoms with Crippen LogP contribution in [0.4, 0.5) is 5.69 Å². The lowest BCUT2D eigenvalue weighted by Crippen LogP contribution is -2.58. The molecule has 0 N–H and O–H groups in total. The summed E-state index contributed by atoms with van der Waals surface area (Å²) < 4.78 is 0. The van der Waals surface area contributed by atoms with Gasteiger partial charge in [0.1, 0.15) is 6.04 Å². The van der Waals surface area contributed by atoms with E-state index in [2.05, 4.69) is 0 Å². The van der Waals surface area contributed by atoms with Crippen molar-refractivity contribution in [2.75, 3.05) is 25.1 Å². The number of piperazine rings is 1. The Balaban J connectivity index is 1.62. The maximum atomic E-state index is 13.6. The first kappa shape index (κ1) is 22.8. The lowest BCUT2D eigenvalue weighted by molar-refractivity contribution is -0.384. The molecule has 0 spiro atoms. The number of amides is 2. The molecule has 1 saturated heterocycles. The van der Waals surface area contributed by atoms with Crippen molar-refractivity contribution < 1.29 is 14.5 Å². The van der Waals surface area contributed by atoms with Gasteiger partial charge in [-0.2, -0.15) is 11.8 Å². The summed E-state index contributed by atoms with van der Waals surface area (Å²) in [5.41, 5.74) is 1.50. The SMILES string of the molecule is CSCC[C@H]1C(=O)N(Cc2ccccc2)CCN1C(=O)c1cccc2cc([N+](=O)[O-])ccc12. The van der Waals surface area contributed by atoms with Crippen molar-refractivity contribution in [2.24, 2.45) is 0 Å². The molecule has 0 saturated carbocycles. The smallest absolute Gasteiger partial charge is 0.270 e. The fourth-order valence-corrected chi connectivity index (χ4v) is 4.74. The first-order valence-electron chi connectivity index (χ1n) is 10.8. The predicted octanol–water partition coefficient (Wildman–Crippen LogP) is 4.35. The Morgan fingerprint density at radius 3 is 2.61 bits per heavy atom. The van der Waals surface area contributed by atoms with E-state index in [1.165, 1.54) is 12.1 Å². The maximum Gasteiger partial charge on any atom is 0.270 e. The molecular formula is C25H25N3O4S. The third kappa shape index (κ3) is 4.85. The molecule has 1 aliphatic rings. The number of hydrogen-bond donors (Lipinski definition) is 0. The number of non-ortho nitro benzene ring substituents is 1. The van der Waals surface area contributed by atoms with E-state index < -0.39 is 11.0 Å². The molecule has 1 atom stereocenters. The molecule has 0 radical (unpaired) electrons. The van der Waals surface area contributed by atoms with E-state index in [-0.39, 0.29) is 17.5 Å². The van der Waals surface area contributed by atoms with Crippen molar-refractivity contribution in [3.05, 3.63) is 88.0 Å². The summed E-state index contributed by atoms with van der Waals surface area (Å²) in [6.45, 7) is 1.43. The Hall–Kier alpha value is -3.39. The summed E-state index contributed by atoms with van der Waals surface area (Å²) in [5.74, 6) is 0.512. The minimum Gasteiger partial charge on any atom is -0.335 e. The van der Waals surface area contributed by atoms with Gasteiger partial charge in [0, 0.05) is 37.3 Å². The summed E-state index contributed by atoms with van der Waals surface area (Å²) in [5, 5.41) is 12.4. The average molecular weight is 464 g/mol. The van der Waals surface area contributed by atoms with E-state index in [0.29, 0.717) is 42.4 Å². The number of carbonyl (C=O) groups is 2. The van der Waals surface area contributed by atoms with Gasteiger partial charge in [0.2, 0.25) is 5.91 Å². The number of benzene rings is 3. The topological polar surface area (TPSA) is 83.8 Å². The van der Waals surface area contributed by atoms with Crippen LogP contribution in [0.15, 0.2) is 66.7 Å². The molecule has 0 unspecified atom stereocenters. The van der Waals surface area contributed by atoms with Crippen LogP contribution in [-0.2, 0) is 11.3 Å².